The molecule has 0 bridgehead atoms. The minimum absolute atomic E-state index is 0. The normalized spacial score (nSPS) is 11.8. The monoisotopic (exact) mass is 770 g/mol. The molecule has 5 heteroatoms. The van der Waals surface area contributed by atoms with E-state index in [1.165, 1.54) is 74.2 Å². The summed E-state index contributed by atoms with van der Waals surface area (Å²) in [4.78, 5) is 0. The van der Waals surface area contributed by atoms with Crippen molar-refractivity contribution in [2.45, 2.75) is 40.0 Å². The summed E-state index contributed by atoms with van der Waals surface area (Å²) in [6, 6.07) is 46.8. The van der Waals surface area contributed by atoms with Crippen LogP contribution in [0.25, 0.3) is 66.4 Å². The van der Waals surface area contributed by atoms with Crippen LogP contribution in [-0.2, 0) is 24.2 Å². The zero-order valence-corrected chi connectivity index (χ0v) is 32.4. The molecule has 1 saturated carbocycles. The average Bonchev–Trinajstić information content (AvgIpc) is 3.92. The van der Waals surface area contributed by atoms with Gasteiger partial charge in [0, 0.05) is 0 Å². The van der Waals surface area contributed by atoms with Crippen LogP contribution in [0.4, 0.5) is 0 Å². The molecular weight excluding hydrogens is 735 g/mol. The van der Waals surface area contributed by atoms with Gasteiger partial charge in [0.2, 0.25) is 0 Å². The number of benzene rings is 4. The standard InChI is InChI=1S/C21H17O.C20H15O.C4H6.2ClH.Zr/c1-14-8-10-17-12-18(20-11-9-15(2)22-20)13-19(17)21(14)16-6-4-3-5-7-16;1-14-9-10-16-12-17(19-8-5-11-21-19)13-18(16)20(14)15-6-3-2-4-7-15;1-2-4-3-1;;;/h3-13H,1-2H3;2-13H,1H3;1-3H2;2*1H;/q2*-1;;;;+2/p-2. The van der Waals surface area contributed by atoms with E-state index in [0.29, 0.717) is 0 Å². The minimum atomic E-state index is 0. The van der Waals surface area contributed by atoms with Crippen LogP contribution in [0.1, 0.15) is 36.1 Å². The van der Waals surface area contributed by atoms with Gasteiger partial charge in [0.25, 0.3) is 0 Å². The van der Waals surface area contributed by atoms with Crippen molar-refractivity contribution in [1.29, 1.82) is 0 Å². The van der Waals surface area contributed by atoms with E-state index in [9.17, 15) is 0 Å². The van der Waals surface area contributed by atoms with Gasteiger partial charge in [0.05, 0.1) is 23.5 Å². The molecule has 250 valence electrons. The van der Waals surface area contributed by atoms with E-state index < -0.39 is 0 Å². The fraction of sp³-hybridized carbons (Fsp3) is 0.133. The molecule has 9 rings (SSSR count). The predicted molar refractivity (Wildman–Crippen MR) is 198 cm³/mol. The molecule has 1 aliphatic carbocycles. The molecule has 0 N–H and O–H groups in total. The van der Waals surface area contributed by atoms with Gasteiger partial charge in [-0.1, -0.05) is 101 Å². The Hall–Kier alpha value is -4.01. The molecule has 0 spiro atoms. The Morgan fingerprint density at radius 3 is 1.46 bits per heavy atom. The van der Waals surface area contributed by atoms with Gasteiger partial charge in [-0.25, -0.2) is 0 Å². The van der Waals surface area contributed by atoms with E-state index in [2.05, 4.69) is 123 Å². The van der Waals surface area contributed by atoms with Crippen molar-refractivity contribution < 1.29 is 57.9 Å². The van der Waals surface area contributed by atoms with Crippen LogP contribution in [0.5, 0.6) is 0 Å². The van der Waals surface area contributed by atoms with Gasteiger partial charge < -0.3 is 33.6 Å². The van der Waals surface area contributed by atoms with Crippen molar-refractivity contribution in [3.05, 3.63) is 157 Å². The number of rotatable bonds is 4. The maximum absolute atomic E-state index is 5.77. The van der Waals surface area contributed by atoms with E-state index in [1.807, 2.05) is 31.2 Å². The summed E-state index contributed by atoms with van der Waals surface area (Å²) >= 11 is 1.67. The number of fused-ring (bicyclic) bond motifs is 2. The molecule has 2 nitrogen and oxygen atoms in total. The summed E-state index contributed by atoms with van der Waals surface area (Å²) in [6.07, 6.45) is 6.08. The number of hydrogen-bond donors (Lipinski definition) is 0. The van der Waals surface area contributed by atoms with Crippen molar-refractivity contribution in [2.75, 3.05) is 0 Å². The summed E-state index contributed by atoms with van der Waals surface area (Å²) in [5.41, 5.74) is 10.0. The van der Waals surface area contributed by atoms with Gasteiger partial charge in [0.15, 0.2) is 0 Å². The predicted octanol–water partition coefficient (Wildman–Crippen LogP) is 6.79. The molecule has 0 amide bonds. The van der Waals surface area contributed by atoms with Gasteiger partial charge in [-0.3, -0.25) is 0 Å². The molecule has 1 aliphatic rings. The Bertz CT molecular complexity index is 2300. The van der Waals surface area contributed by atoms with Crippen LogP contribution in [0.15, 0.2) is 149 Å². The first kappa shape index (κ1) is 37.3. The maximum atomic E-state index is 5.77. The molecule has 1 fully saturated rings. The van der Waals surface area contributed by atoms with Crippen LogP contribution in [0.3, 0.4) is 0 Å². The van der Waals surface area contributed by atoms with E-state index in [-0.39, 0.29) is 24.8 Å². The van der Waals surface area contributed by atoms with Crippen molar-refractivity contribution in [2.24, 2.45) is 0 Å². The average molecular weight is 773 g/mol. The number of furan rings is 2. The van der Waals surface area contributed by atoms with Gasteiger partial charge in [-0.15, -0.1) is 57.9 Å². The van der Waals surface area contributed by atoms with Crippen molar-refractivity contribution in [1.82, 2.24) is 0 Å². The third-order valence-corrected chi connectivity index (χ3v) is 10.3. The van der Waals surface area contributed by atoms with E-state index in [1.54, 1.807) is 33.7 Å². The van der Waals surface area contributed by atoms with E-state index in [4.69, 9.17) is 8.83 Å². The third kappa shape index (κ3) is 8.13. The fourth-order valence-electron chi connectivity index (χ4n) is 6.43. The van der Waals surface area contributed by atoms with Crippen LogP contribution in [0.2, 0.25) is 0 Å². The molecule has 2 heterocycles. The quantitative estimate of drug-likeness (QED) is 0.184. The SMILES string of the molecule is Cc1ccc(-c2cc3c(-c4ccccc4)c(C)ccc3[cH-]2)o1.Cc1ccc2[cH-]c(-c3ccco3)cc2c1-c1ccccc1.[Cl-].[Cl-].[Zr+2]=[C]1CCC1. The van der Waals surface area contributed by atoms with Crippen LogP contribution in [-0.4, -0.2) is 3.21 Å². The molecule has 0 unspecified atom stereocenters. The second-order valence-electron chi connectivity index (χ2n) is 12.6. The summed E-state index contributed by atoms with van der Waals surface area (Å²) < 4.78 is 13.1. The summed E-state index contributed by atoms with van der Waals surface area (Å²) in [7, 11) is 0. The van der Waals surface area contributed by atoms with Crippen LogP contribution >= 0.6 is 0 Å². The van der Waals surface area contributed by atoms with Crippen molar-refractivity contribution in [3.63, 3.8) is 0 Å². The first-order valence-electron chi connectivity index (χ1n) is 16.6. The molecular formula is C45H38Cl2O2Zr-2. The second-order valence-corrected chi connectivity index (χ2v) is 14.3. The third-order valence-electron chi connectivity index (χ3n) is 9.11. The van der Waals surface area contributed by atoms with Gasteiger partial charge in [-0.05, 0) is 61.2 Å². The molecule has 8 aromatic rings. The zero-order valence-electron chi connectivity index (χ0n) is 28.5. The molecule has 50 heavy (non-hydrogen) atoms. The number of halogens is 2. The van der Waals surface area contributed by atoms with Gasteiger partial charge >= 0.3 is 46.7 Å². The second kappa shape index (κ2) is 16.8. The fourth-order valence-corrected chi connectivity index (χ4v) is 7.30. The van der Waals surface area contributed by atoms with Crippen molar-refractivity contribution in [3.8, 4) is 44.9 Å². The topological polar surface area (TPSA) is 26.3 Å². The molecule has 0 aliphatic heterocycles. The zero-order chi connectivity index (χ0) is 33.0. The molecule has 6 aromatic carbocycles. The van der Waals surface area contributed by atoms with E-state index in [0.717, 1.165) is 28.4 Å². The van der Waals surface area contributed by atoms with Gasteiger partial charge in [0.1, 0.15) is 0 Å². The Balaban J connectivity index is 0.000000165. The molecule has 0 radical (unpaired) electrons. The van der Waals surface area contributed by atoms with Gasteiger partial charge in [-0.2, -0.15) is 0 Å². The Labute approximate surface area is 322 Å². The first-order chi connectivity index (χ1) is 23.4. The summed E-state index contributed by atoms with van der Waals surface area (Å²) in [5, 5.41) is 5.09. The first-order valence-corrected chi connectivity index (χ1v) is 17.9. The van der Waals surface area contributed by atoms with Crippen molar-refractivity contribution >= 4 is 24.8 Å². The Morgan fingerprint density at radius 2 is 1.06 bits per heavy atom. The van der Waals surface area contributed by atoms with E-state index >= 15 is 0 Å². The molecule has 0 saturated heterocycles. The molecule has 0 atom stereocenters. The summed E-state index contributed by atoms with van der Waals surface area (Å²) in [5.74, 6) is 2.80. The number of hydrogen-bond acceptors (Lipinski definition) is 2. The summed E-state index contributed by atoms with van der Waals surface area (Å²) in [6.45, 7) is 6.32. The number of aryl methyl sites for hydroxylation is 3. The van der Waals surface area contributed by atoms with Crippen LogP contribution < -0.4 is 24.8 Å². The Morgan fingerprint density at radius 1 is 0.560 bits per heavy atom. The Kier molecular flexibility index (Phi) is 12.5. The van der Waals surface area contributed by atoms with Crippen LogP contribution in [0, 0.1) is 20.8 Å². The molecule has 2 aromatic heterocycles.